The molecule has 1 aromatic carbocycles. The van der Waals surface area contributed by atoms with Crippen molar-refractivity contribution in [3.05, 3.63) is 23.8 Å². The first-order valence-corrected chi connectivity index (χ1v) is 11.2. The normalized spacial score (nSPS) is 22.8. The average molecular weight is 440 g/mol. The molecule has 0 radical (unpaired) electrons. The molecule has 0 aliphatic carbocycles. The second kappa shape index (κ2) is 12.6. The zero-order chi connectivity index (χ0) is 22.7. The molecule has 1 N–H and O–H groups in total. The number of aromatic hydroxyl groups is 1. The number of ether oxygens (including phenoxy) is 5. The van der Waals surface area contributed by atoms with Crippen molar-refractivity contribution in [1.29, 1.82) is 0 Å². The first-order chi connectivity index (χ1) is 14.7. The highest BCUT2D eigenvalue weighted by Gasteiger charge is 2.25. The molecule has 0 amide bonds. The summed E-state index contributed by atoms with van der Waals surface area (Å²) in [6.07, 6.45) is 0. The Bertz CT molecular complexity index is 619. The molecule has 7 nitrogen and oxygen atoms in total. The minimum Gasteiger partial charge on any atom is -0.506 e. The molecular formula is C24H41NO6. The van der Waals surface area contributed by atoms with Crippen LogP contribution in [0.25, 0.3) is 0 Å². The number of hydrogen-bond acceptors (Lipinski definition) is 7. The third-order valence-corrected chi connectivity index (χ3v) is 5.02. The molecule has 178 valence electrons. The lowest BCUT2D eigenvalue weighted by molar-refractivity contribution is -0.114. The van der Waals surface area contributed by atoms with Crippen molar-refractivity contribution in [2.45, 2.75) is 40.2 Å². The van der Waals surface area contributed by atoms with Crippen LogP contribution in [0.4, 0.5) is 5.69 Å². The minimum absolute atomic E-state index is 0.0942. The van der Waals surface area contributed by atoms with Gasteiger partial charge in [-0.3, -0.25) is 0 Å². The number of phenolic OH excluding ortho intramolecular Hbond substituents is 1. The van der Waals surface area contributed by atoms with Crippen LogP contribution in [0.3, 0.4) is 0 Å². The van der Waals surface area contributed by atoms with Gasteiger partial charge in [0, 0.05) is 18.5 Å². The number of hydrogen-bond donors (Lipinski definition) is 1. The van der Waals surface area contributed by atoms with E-state index in [4.69, 9.17) is 23.7 Å². The van der Waals surface area contributed by atoms with Crippen LogP contribution in [0.15, 0.2) is 18.2 Å². The maximum atomic E-state index is 10.4. The number of aryl methyl sites for hydroxylation is 1. The van der Waals surface area contributed by atoms with E-state index in [0.717, 1.165) is 11.3 Å². The van der Waals surface area contributed by atoms with E-state index >= 15 is 0 Å². The lowest BCUT2D eigenvalue weighted by Gasteiger charge is -2.31. The number of phenols is 1. The molecule has 1 fully saturated rings. The highest BCUT2D eigenvalue weighted by Crippen LogP contribution is 2.28. The topological polar surface area (TPSA) is 69.6 Å². The van der Waals surface area contributed by atoms with Gasteiger partial charge in [0.1, 0.15) is 5.75 Å². The molecule has 0 saturated carbocycles. The highest BCUT2D eigenvalue weighted by atomic mass is 16.6. The molecule has 1 aliphatic rings. The third kappa shape index (κ3) is 10.2. The maximum absolute atomic E-state index is 10.4. The Labute approximate surface area is 187 Å². The number of nitrogens with zero attached hydrogens (tertiary/aromatic N) is 1. The fourth-order valence-electron chi connectivity index (χ4n) is 3.18. The van der Waals surface area contributed by atoms with Crippen molar-refractivity contribution in [3.63, 3.8) is 0 Å². The highest BCUT2D eigenvalue weighted by molar-refractivity contribution is 5.58. The molecule has 0 atom stereocenters. The molecular weight excluding hydrogens is 398 g/mol. The monoisotopic (exact) mass is 439 g/mol. The van der Waals surface area contributed by atoms with Crippen LogP contribution in [-0.2, 0) is 23.7 Å². The number of anilines is 1. The van der Waals surface area contributed by atoms with Gasteiger partial charge in [0.15, 0.2) is 0 Å². The Morgan fingerprint density at radius 3 is 1.97 bits per heavy atom. The van der Waals surface area contributed by atoms with Crippen molar-refractivity contribution < 1.29 is 28.8 Å². The van der Waals surface area contributed by atoms with E-state index in [1.165, 1.54) is 0 Å². The maximum Gasteiger partial charge on any atom is 0.139 e. The molecule has 0 aromatic heterocycles. The molecule has 2 rings (SSSR count). The van der Waals surface area contributed by atoms with E-state index in [1.54, 1.807) is 6.07 Å². The van der Waals surface area contributed by atoms with Gasteiger partial charge >= 0.3 is 0 Å². The summed E-state index contributed by atoms with van der Waals surface area (Å²) in [5.41, 5.74) is 1.35. The van der Waals surface area contributed by atoms with Gasteiger partial charge in [-0.1, -0.05) is 19.9 Å². The van der Waals surface area contributed by atoms with Crippen LogP contribution < -0.4 is 4.90 Å². The second-order valence-electron chi connectivity index (χ2n) is 9.52. The summed E-state index contributed by atoms with van der Waals surface area (Å²) in [6.45, 7) is 16.5. The molecule has 31 heavy (non-hydrogen) atoms. The van der Waals surface area contributed by atoms with Crippen LogP contribution in [0.5, 0.6) is 5.75 Å². The summed E-state index contributed by atoms with van der Waals surface area (Å²) >= 11 is 0. The van der Waals surface area contributed by atoms with Crippen molar-refractivity contribution in [2.75, 3.05) is 77.5 Å². The van der Waals surface area contributed by atoms with Gasteiger partial charge in [-0.2, -0.15) is 0 Å². The SMILES string of the molecule is Cc1ccc(N2CCOCCOCC(C)(C)COC(C)(C)COCCOCC2)c(O)c1. The molecule has 7 heteroatoms. The molecule has 0 bridgehead atoms. The molecule has 0 spiro atoms. The zero-order valence-electron chi connectivity index (χ0n) is 19.9. The van der Waals surface area contributed by atoms with Gasteiger partial charge in [-0.15, -0.1) is 0 Å². The Morgan fingerprint density at radius 1 is 0.774 bits per heavy atom. The van der Waals surface area contributed by atoms with Gasteiger partial charge in [-0.05, 0) is 38.5 Å². The first-order valence-electron chi connectivity index (χ1n) is 11.2. The fraction of sp³-hybridized carbons (Fsp3) is 0.750. The molecule has 1 heterocycles. The van der Waals surface area contributed by atoms with Crippen molar-refractivity contribution >= 4 is 5.69 Å². The van der Waals surface area contributed by atoms with Crippen LogP contribution in [0.2, 0.25) is 0 Å². The van der Waals surface area contributed by atoms with Crippen LogP contribution in [0.1, 0.15) is 33.3 Å². The van der Waals surface area contributed by atoms with Gasteiger partial charge in [0.05, 0.1) is 70.8 Å². The smallest absolute Gasteiger partial charge is 0.139 e. The van der Waals surface area contributed by atoms with Gasteiger partial charge < -0.3 is 33.7 Å². The van der Waals surface area contributed by atoms with E-state index in [-0.39, 0.29) is 16.8 Å². The summed E-state index contributed by atoms with van der Waals surface area (Å²) in [5, 5.41) is 10.4. The van der Waals surface area contributed by atoms with E-state index in [9.17, 15) is 5.11 Å². The summed E-state index contributed by atoms with van der Waals surface area (Å²) in [6, 6.07) is 5.72. The molecule has 1 aliphatic heterocycles. The molecule has 1 saturated heterocycles. The summed E-state index contributed by atoms with van der Waals surface area (Å²) in [4.78, 5) is 2.09. The van der Waals surface area contributed by atoms with Crippen molar-refractivity contribution in [2.24, 2.45) is 5.41 Å². The van der Waals surface area contributed by atoms with E-state index < -0.39 is 0 Å². The number of benzene rings is 1. The standard InChI is InChI=1S/C24H41NO6/c1-20-6-7-21(22(26)16-20)25-8-10-27-12-14-29-17-23(2,3)18-31-24(4,5)19-30-15-13-28-11-9-25/h6-7,16,26H,8-15,17-19H2,1-5H3. The molecule has 1 aromatic rings. The Kier molecular flexibility index (Phi) is 10.5. The van der Waals surface area contributed by atoms with Gasteiger partial charge in [-0.25, -0.2) is 0 Å². The quantitative estimate of drug-likeness (QED) is 0.719. The Balaban J connectivity index is 1.95. The fourth-order valence-corrected chi connectivity index (χ4v) is 3.18. The summed E-state index contributed by atoms with van der Waals surface area (Å²) in [5.74, 6) is 0.273. The lowest BCUT2D eigenvalue weighted by Crippen LogP contribution is -2.37. The Morgan fingerprint density at radius 2 is 1.35 bits per heavy atom. The van der Waals surface area contributed by atoms with Gasteiger partial charge in [0.2, 0.25) is 0 Å². The predicted octanol–water partition coefficient (Wildman–Crippen LogP) is 3.41. The van der Waals surface area contributed by atoms with Crippen LogP contribution >= 0.6 is 0 Å². The summed E-state index contributed by atoms with van der Waals surface area (Å²) in [7, 11) is 0. The largest absolute Gasteiger partial charge is 0.506 e. The summed E-state index contributed by atoms with van der Waals surface area (Å²) < 4.78 is 29.2. The van der Waals surface area contributed by atoms with E-state index in [0.29, 0.717) is 72.6 Å². The first kappa shape index (κ1) is 25.9. The third-order valence-electron chi connectivity index (χ3n) is 5.02. The predicted molar refractivity (Wildman–Crippen MR) is 122 cm³/mol. The second-order valence-corrected chi connectivity index (χ2v) is 9.52. The van der Waals surface area contributed by atoms with Crippen molar-refractivity contribution in [1.82, 2.24) is 0 Å². The Hall–Kier alpha value is -1.38. The van der Waals surface area contributed by atoms with E-state index in [1.807, 2.05) is 32.9 Å². The zero-order valence-corrected chi connectivity index (χ0v) is 19.9. The van der Waals surface area contributed by atoms with Gasteiger partial charge in [0.25, 0.3) is 0 Å². The lowest BCUT2D eigenvalue weighted by atomic mass is 9.96. The molecule has 0 unspecified atom stereocenters. The van der Waals surface area contributed by atoms with Crippen molar-refractivity contribution in [3.8, 4) is 5.75 Å². The van der Waals surface area contributed by atoms with Crippen LogP contribution in [0, 0.1) is 12.3 Å². The minimum atomic E-state index is -0.372. The van der Waals surface area contributed by atoms with E-state index in [2.05, 4.69) is 18.7 Å². The number of rotatable bonds is 1. The van der Waals surface area contributed by atoms with Crippen LogP contribution in [-0.4, -0.2) is 83.3 Å². The average Bonchev–Trinajstić information content (AvgIpc) is 2.69.